The summed E-state index contributed by atoms with van der Waals surface area (Å²) in [6.45, 7) is 1.27. The van der Waals surface area contributed by atoms with Crippen molar-refractivity contribution < 1.29 is 4.74 Å². The van der Waals surface area contributed by atoms with Crippen LogP contribution in [0.4, 0.5) is 0 Å². The van der Waals surface area contributed by atoms with Crippen LogP contribution in [0, 0.1) is 0 Å². The number of aromatic nitrogens is 2. The SMILES string of the molecule is CNCc1nc(OCCCc2ccncc2)ccc1Cl. The zero-order valence-corrected chi connectivity index (χ0v) is 12.2. The van der Waals surface area contributed by atoms with Crippen molar-refractivity contribution >= 4 is 11.6 Å². The monoisotopic (exact) mass is 291 g/mol. The van der Waals surface area contributed by atoms with Crippen molar-refractivity contribution in [3.05, 3.63) is 52.9 Å². The van der Waals surface area contributed by atoms with Gasteiger partial charge >= 0.3 is 0 Å². The Labute approximate surface area is 124 Å². The Hall–Kier alpha value is -1.65. The molecule has 0 aliphatic carbocycles. The molecule has 0 saturated heterocycles. The molecule has 0 bridgehead atoms. The van der Waals surface area contributed by atoms with E-state index in [9.17, 15) is 0 Å². The molecule has 0 unspecified atom stereocenters. The van der Waals surface area contributed by atoms with Gasteiger partial charge in [0.05, 0.1) is 17.3 Å². The summed E-state index contributed by atoms with van der Waals surface area (Å²) in [6, 6.07) is 7.66. The first-order chi connectivity index (χ1) is 9.79. The fourth-order valence-corrected chi connectivity index (χ4v) is 2.01. The molecular weight excluding hydrogens is 274 g/mol. The summed E-state index contributed by atoms with van der Waals surface area (Å²) in [5.74, 6) is 0.620. The van der Waals surface area contributed by atoms with Crippen LogP contribution in [0.2, 0.25) is 5.02 Å². The lowest BCUT2D eigenvalue weighted by atomic mass is 10.1. The van der Waals surface area contributed by atoms with Gasteiger partial charge in [-0.05, 0) is 43.7 Å². The van der Waals surface area contributed by atoms with Gasteiger partial charge in [0.15, 0.2) is 0 Å². The third-order valence-electron chi connectivity index (χ3n) is 2.85. The lowest BCUT2D eigenvalue weighted by Crippen LogP contribution is -2.09. The Kier molecular flexibility index (Phi) is 5.77. The van der Waals surface area contributed by atoms with Crippen LogP contribution in [0.1, 0.15) is 17.7 Å². The maximum atomic E-state index is 6.05. The van der Waals surface area contributed by atoms with E-state index in [-0.39, 0.29) is 0 Å². The maximum absolute atomic E-state index is 6.05. The largest absolute Gasteiger partial charge is 0.478 e. The quantitative estimate of drug-likeness (QED) is 0.797. The lowest BCUT2D eigenvalue weighted by molar-refractivity contribution is 0.298. The standard InChI is InChI=1S/C15H18ClN3O/c1-17-11-14-13(16)4-5-15(19-14)20-10-2-3-12-6-8-18-9-7-12/h4-9,17H,2-3,10-11H2,1H3. The first kappa shape index (κ1) is 14.8. The first-order valence-electron chi connectivity index (χ1n) is 6.61. The van der Waals surface area contributed by atoms with Crippen molar-refractivity contribution in [3.63, 3.8) is 0 Å². The van der Waals surface area contributed by atoms with E-state index in [0.717, 1.165) is 18.5 Å². The van der Waals surface area contributed by atoms with Gasteiger partial charge in [-0.25, -0.2) is 4.98 Å². The van der Waals surface area contributed by atoms with Gasteiger partial charge < -0.3 is 10.1 Å². The molecule has 0 atom stereocenters. The molecule has 2 aromatic heterocycles. The van der Waals surface area contributed by atoms with Crippen molar-refractivity contribution in [2.75, 3.05) is 13.7 Å². The highest BCUT2D eigenvalue weighted by atomic mass is 35.5. The molecule has 0 saturated carbocycles. The molecule has 0 aliphatic heterocycles. The predicted molar refractivity (Wildman–Crippen MR) is 80.1 cm³/mol. The number of aryl methyl sites for hydroxylation is 1. The zero-order chi connectivity index (χ0) is 14.2. The molecule has 0 spiro atoms. The van der Waals surface area contributed by atoms with Crippen molar-refractivity contribution in [3.8, 4) is 5.88 Å². The minimum absolute atomic E-state index is 0.620. The third kappa shape index (κ3) is 4.47. The Balaban J connectivity index is 1.80. The van der Waals surface area contributed by atoms with E-state index in [1.165, 1.54) is 5.56 Å². The molecular formula is C15H18ClN3O. The van der Waals surface area contributed by atoms with Gasteiger partial charge in [-0.15, -0.1) is 0 Å². The van der Waals surface area contributed by atoms with Crippen LogP contribution in [0.25, 0.3) is 0 Å². The van der Waals surface area contributed by atoms with Crippen LogP contribution in [-0.2, 0) is 13.0 Å². The summed E-state index contributed by atoms with van der Waals surface area (Å²) in [5, 5.41) is 3.69. The summed E-state index contributed by atoms with van der Waals surface area (Å²) in [4.78, 5) is 8.38. The van der Waals surface area contributed by atoms with Crippen LogP contribution in [-0.4, -0.2) is 23.6 Å². The van der Waals surface area contributed by atoms with Crippen molar-refractivity contribution in [2.45, 2.75) is 19.4 Å². The van der Waals surface area contributed by atoms with E-state index >= 15 is 0 Å². The molecule has 5 heteroatoms. The smallest absolute Gasteiger partial charge is 0.213 e. The van der Waals surface area contributed by atoms with Crippen molar-refractivity contribution in [2.24, 2.45) is 0 Å². The topological polar surface area (TPSA) is 47.0 Å². The zero-order valence-electron chi connectivity index (χ0n) is 11.5. The summed E-state index contributed by atoms with van der Waals surface area (Å²) in [5.41, 5.74) is 2.07. The molecule has 0 fully saturated rings. The molecule has 1 N–H and O–H groups in total. The molecule has 2 rings (SSSR count). The highest BCUT2D eigenvalue weighted by Gasteiger charge is 2.04. The van der Waals surface area contributed by atoms with Crippen molar-refractivity contribution in [1.29, 1.82) is 0 Å². The van der Waals surface area contributed by atoms with Crippen molar-refractivity contribution in [1.82, 2.24) is 15.3 Å². The number of hydrogen-bond donors (Lipinski definition) is 1. The van der Waals surface area contributed by atoms with E-state index < -0.39 is 0 Å². The molecule has 0 aliphatic rings. The molecule has 4 nitrogen and oxygen atoms in total. The van der Waals surface area contributed by atoms with Gasteiger partial charge in [0.25, 0.3) is 0 Å². The summed E-state index contributed by atoms with van der Waals surface area (Å²) in [6.07, 6.45) is 5.52. The van der Waals surface area contributed by atoms with E-state index in [0.29, 0.717) is 24.1 Å². The second-order valence-electron chi connectivity index (χ2n) is 4.42. The number of nitrogens with one attached hydrogen (secondary N) is 1. The average Bonchev–Trinajstić information content (AvgIpc) is 2.48. The van der Waals surface area contributed by atoms with Crippen LogP contribution in [0.3, 0.4) is 0 Å². The lowest BCUT2D eigenvalue weighted by Gasteiger charge is -2.08. The van der Waals surface area contributed by atoms with Gasteiger partial charge in [0.2, 0.25) is 5.88 Å². The second-order valence-corrected chi connectivity index (χ2v) is 4.82. The third-order valence-corrected chi connectivity index (χ3v) is 3.19. The Bertz CT molecular complexity index is 534. The maximum Gasteiger partial charge on any atom is 0.213 e. The Morgan fingerprint density at radius 2 is 2.00 bits per heavy atom. The van der Waals surface area contributed by atoms with Gasteiger partial charge in [0.1, 0.15) is 0 Å². The Morgan fingerprint density at radius 1 is 1.20 bits per heavy atom. The number of ether oxygens (including phenoxy) is 1. The highest BCUT2D eigenvalue weighted by molar-refractivity contribution is 6.31. The molecule has 0 aromatic carbocycles. The second kappa shape index (κ2) is 7.82. The summed E-state index contributed by atoms with van der Waals surface area (Å²) >= 11 is 6.05. The molecule has 0 radical (unpaired) electrons. The number of rotatable bonds is 7. The number of halogens is 1. The fourth-order valence-electron chi connectivity index (χ4n) is 1.84. The van der Waals surface area contributed by atoms with Crippen LogP contribution >= 0.6 is 11.6 Å². The average molecular weight is 292 g/mol. The number of nitrogens with zero attached hydrogens (tertiary/aromatic N) is 2. The predicted octanol–water partition coefficient (Wildman–Crippen LogP) is 2.86. The van der Waals surface area contributed by atoms with Gasteiger partial charge in [-0.1, -0.05) is 11.6 Å². The van der Waals surface area contributed by atoms with E-state index in [4.69, 9.17) is 16.3 Å². The van der Waals surface area contributed by atoms with E-state index in [2.05, 4.69) is 15.3 Å². The molecule has 0 amide bonds. The Morgan fingerprint density at radius 3 is 2.75 bits per heavy atom. The minimum atomic E-state index is 0.620. The fraction of sp³-hybridized carbons (Fsp3) is 0.333. The molecule has 106 valence electrons. The van der Waals surface area contributed by atoms with Gasteiger partial charge in [-0.3, -0.25) is 4.98 Å². The van der Waals surface area contributed by atoms with Crippen LogP contribution in [0.15, 0.2) is 36.7 Å². The van der Waals surface area contributed by atoms with Crippen LogP contribution < -0.4 is 10.1 Å². The molecule has 20 heavy (non-hydrogen) atoms. The first-order valence-corrected chi connectivity index (χ1v) is 6.99. The summed E-state index contributed by atoms with van der Waals surface area (Å²) < 4.78 is 5.66. The minimum Gasteiger partial charge on any atom is -0.478 e. The van der Waals surface area contributed by atoms with Gasteiger partial charge in [-0.2, -0.15) is 0 Å². The number of hydrogen-bond acceptors (Lipinski definition) is 4. The molecule has 2 aromatic rings. The number of pyridine rings is 2. The van der Waals surface area contributed by atoms with E-state index in [1.54, 1.807) is 18.5 Å². The van der Waals surface area contributed by atoms with Gasteiger partial charge in [0, 0.05) is 25.0 Å². The molecule has 2 heterocycles. The van der Waals surface area contributed by atoms with E-state index in [1.807, 2.05) is 25.2 Å². The highest BCUT2D eigenvalue weighted by Crippen LogP contribution is 2.18. The normalized spacial score (nSPS) is 10.5. The summed E-state index contributed by atoms with van der Waals surface area (Å²) in [7, 11) is 1.86. The van der Waals surface area contributed by atoms with Crippen LogP contribution in [0.5, 0.6) is 5.88 Å².